The van der Waals surface area contributed by atoms with Crippen molar-refractivity contribution in [3.8, 4) is 0 Å². The molecule has 0 radical (unpaired) electrons. The van der Waals surface area contributed by atoms with E-state index in [1.54, 1.807) is 0 Å². The zero-order valence-corrected chi connectivity index (χ0v) is 12.8. The number of benzene rings is 1. The molecule has 1 amide bonds. The molecule has 4 heteroatoms. The van der Waals surface area contributed by atoms with E-state index in [4.69, 9.17) is 0 Å². The van der Waals surface area contributed by atoms with E-state index < -0.39 is 0 Å². The van der Waals surface area contributed by atoms with Crippen LogP contribution in [0.1, 0.15) is 17.5 Å². The molecule has 1 fully saturated rings. The van der Waals surface area contributed by atoms with Crippen LogP contribution in [0.5, 0.6) is 0 Å². The third kappa shape index (κ3) is 3.73. The van der Waals surface area contributed by atoms with Crippen molar-refractivity contribution in [3.05, 3.63) is 29.3 Å². The van der Waals surface area contributed by atoms with Crippen molar-refractivity contribution in [1.82, 2.24) is 10.2 Å². The fourth-order valence-electron chi connectivity index (χ4n) is 2.69. The van der Waals surface area contributed by atoms with Crippen LogP contribution >= 0.6 is 0 Å². The lowest BCUT2D eigenvalue weighted by molar-refractivity contribution is -0.131. The summed E-state index contributed by atoms with van der Waals surface area (Å²) in [5.74, 6) is 0.267. The minimum atomic E-state index is 0.267. The number of hydrogen-bond acceptors (Lipinski definition) is 3. The van der Waals surface area contributed by atoms with Gasteiger partial charge in [0.2, 0.25) is 5.91 Å². The molecule has 20 heavy (non-hydrogen) atoms. The average molecular weight is 275 g/mol. The number of nitrogens with one attached hydrogen (secondary N) is 1. The average Bonchev–Trinajstić information content (AvgIpc) is 2.45. The molecule has 0 atom stereocenters. The lowest BCUT2D eigenvalue weighted by atomic mass is 10.1. The molecule has 110 valence electrons. The number of carbonyl (C=O) groups is 1. The molecule has 1 aliphatic rings. The van der Waals surface area contributed by atoms with E-state index in [0.717, 1.165) is 32.7 Å². The summed E-state index contributed by atoms with van der Waals surface area (Å²) in [6.45, 7) is 8.50. The van der Waals surface area contributed by atoms with E-state index in [2.05, 4.69) is 49.3 Å². The van der Waals surface area contributed by atoms with Crippen molar-refractivity contribution in [2.45, 2.75) is 20.3 Å². The largest absolute Gasteiger partial charge is 0.374 e. The fourth-order valence-corrected chi connectivity index (χ4v) is 2.69. The number of amides is 1. The predicted octanol–water partition coefficient (Wildman–Crippen LogP) is 1.56. The molecule has 1 aliphatic heterocycles. The van der Waals surface area contributed by atoms with Crippen LogP contribution in [0.25, 0.3) is 0 Å². The lowest BCUT2D eigenvalue weighted by Crippen LogP contribution is -2.47. The van der Waals surface area contributed by atoms with Crippen LogP contribution in [0.15, 0.2) is 18.2 Å². The molecule has 1 aromatic rings. The third-order valence-electron chi connectivity index (χ3n) is 3.89. The number of carbonyl (C=O) groups excluding carboxylic acids is 1. The highest BCUT2D eigenvalue weighted by Crippen LogP contribution is 2.20. The Kier molecular flexibility index (Phi) is 5.01. The van der Waals surface area contributed by atoms with Gasteiger partial charge in [-0.3, -0.25) is 4.79 Å². The maximum atomic E-state index is 12.1. The number of nitrogens with zero attached hydrogens (tertiary/aromatic N) is 2. The molecule has 0 bridgehead atoms. The van der Waals surface area contributed by atoms with Crippen molar-refractivity contribution in [2.24, 2.45) is 0 Å². The normalized spacial score (nSPS) is 15.2. The third-order valence-corrected chi connectivity index (χ3v) is 3.89. The Morgan fingerprint density at radius 2 is 2.00 bits per heavy atom. The zero-order chi connectivity index (χ0) is 14.5. The van der Waals surface area contributed by atoms with E-state index in [1.807, 2.05) is 4.90 Å². The molecule has 1 heterocycles. The van der Waals surface area contributed by atoms with Gasteiger partial charge in [-0.25, -0.2) is 0 Å². The molecule has 0 aliphatic carbocycles. The number of piperazine rings is 1. The second kappa shape index (κ2) is 6.75. The second-order valence-electron chi connectivity index (χ2n) is 5.59. The van der Waals surface area contributed by atoms with Gasteiger partial charge >= 0.3 is 0 Å². The number of rotatable bonds is 4. The van der Waals surface area contributed by atoms with Crippen molar-refractivity contribution in [1.29, 1.82) is 0 Å². The first-order chi connectivity index (χ1) is 9.58. The maximum Gasteiger partial charge on any atom is 0.224 e. The van der Waals surface area contributed by atoms with Crippen molar-refractivity contribution < 1.29 is 4.79 Å². The number of hydrogen-bond donors (Lipinski definition) is 1. The SMILES string of the molecule is Cc1ccc(N(C)CCC(=O)N2CCNCC2)c(C)c1. The molecule has 1 saturated heterocycles. The molecule has 0 unspecified atom stereocenters. The van der Waals surface area contributed by atoms with Gasteiger partial charge in [-0.1, -0.05) is 17.7 Å². The summed E-state index contributed by atoms with van der Waals surface area (Å²) < 4.78 is 0. The number of anilines is 1. The smallest absolute Gasteiger partial charge is 0.224 e. The molecule has 1 N–H and O–H groups in total. The molecule has 0 saturated carbocycles. The summed E-state index contributed by atoms with van der Waals surface area (Å²) in [5, 5.41) is 3.27. The maximum absolute atomic E-state index is 12.1. The van der Waals surface area contributed by atoms with Gasteiger partial charge < -0.3 is 15.1 Å². The predicted molar refractivity (Wildman–Crippen MR) is 83.3 cm³/mol. The van der Waals surface area contributed by atoms with Crippen LogP contribution in [-0.2, 0) is 4.79 Å². The molecule has 4 nitrogen and oxygen atoms in total. The van der Waals surface area contributed by atoms with E-state index in [0.29, 0.717) is 6.42 Å². The summed E-state index contributed by atoms with van der Waals surface area (Å²) in [6.07, 6.45) is 0.587. The van der Waals surface area contributed by atoms with Gasteiger partial charge in [-0.05, 0) is 25.5 Å². The Hall–Kier alpha value is -1.55. The monoisotopic (exact) mass is 275 g/mol. The molecule has 0 spiro atoms. The van der Waals surface area contributed by atoms with Crippen LogP contribution in [0.2, 0.25) is 0 Å². The summed E-state index contributed by atoms with van der Waals surface area (Å²) in [5.41, 5.74) is 3.75. The minimum Gasteiger partial charge on any atom is -0.374 e. The Morgan fingerprint density at radius 1 is 1.30 bits per heavy atom. The highest BCUT2D eigenvalue weighted by Gasteiger charge is 2.16. The Morgan fingerprint density at radius 3 is 2.65 bits per heavy atom. The molecule has 1 aromatic carbocycles. The zero-order valence-electron chi connectivity index (χ0n) is 12.8. The minimum absolute atomic E-state index is 0.267. The van der Waals surface area contributed by atoms with Gasteiger partial charge in [-0.2, -0.15) is 0 Å². The highest BCUT2D eigenvalue weighted by atomic mass is 16.2. The van der Waals surface area contributed by atoms with Gasteiger partial charge in [0.1, 0.15) is 0 Å². The van der Waals surface area contributed by atoms with Crippen LogP contribution < -0.4 is 10.2 Å². The van der Waals surface area contributed by atoms with Crippen LogP contribution in [0, 0.1) is 13.8 Å². The van der Waals surface area contributed by atoms with Crippen molar-refractivity contribution in [2.75, 3.05) is 44.7 Å². The first-order valence-electron chi connectivity index (χ1n) is 7.35. The topological polar surface area (TPSA) is 35.6 Å². The summed E-state index contributed by atoms with van der Waals surface area (Å²) >= 11 is 0. The van der Waals surface area contributed by atoms with E-state index >= 15 is 0 Å². The molecule has 0 aromatic heterocycles. The standard InChI is InChI=1S/C16H25N3O/c1-13-4-5-15(14(2)12-13)18(3)9-6-16(20)19-10-7-17-8-11-19/h4-5,12,17H,6-11H2,1-3H3. The Bertz CT molecular complexity index is 467. The Labute approximate surface area is 121 Å². The van der Waals surface area contributed by atoms with E-state index in [9.17, 15) is 4.79 Å². The van der Waals surface area contributed by atoms with Crippen molar-refractivity contribution in [3.63, 3.8) is 0 Å². The molecular formula is C16H25N3O. The number of aryl methyl sites for hydroxylation is 2. The van der Waals surface area contributed by atoms with Gasteiger partial charge in [0.15, 0.2) is 0 Å². The fraction of sp³-hybridized carbons (Fsp3) is 0.562. The summed E-state index contributed by atoms with van der Waals surface area (Å²) in [4.78, 5) is 16.3. The van der Waals surface area contributed by atoms with E-state index in [1.165, 1.54) is 16.8 Å². The van der Waals surface area contributed by atoms with Crippen molar-refractivity contribution >= 4 is 11.6 Å². The van der Waals surface area contributed by atoms with Gasteiger partial charge in [0, 0.05) is 51.9 Å². The van der Waals surface area contributed by atoms with Crippen LogP contribution in [0.4, 0.5) is 5.69 Å². The Balaban J connectivity index is 1.87. The van der Waals surface area contributed by atoms with Gasteiger partial charge in [-0.15, -0.1) is 0 Å². The second-order valence-corrected chi connectivity index (χ2v) is 5.59. The first kappa shape index (κ1) is 14.9. The highest BCUT2D eigenvalue weighted by molar-refractivity contribution is 5.77. The molecular weight excluding hydrogens is 250 g/mol. The lowest BCUT2D eigenvalue weighted by Gasteiger charge is -2.29. The van der Waals surface area contributed by atoms with Crippen LogP contribution in [-0.4, -0.2) is 50.6 Å². The molecule has 2 rings (SSSR count). The summed E-state index contributed by atoms with van der Waals surface area (Å²) in [7, 11) is 2.06. The quantitative estimate of drug-likeness (QED) is 0.906. The summed E-state index contributed by atoms with van der Waals surface area (Å²) in [6, 6.07) is 6.45. The van der Waals surface area contributed by atoms with Crippen LogP contribution in [0.3, 0.4) is 0 Å². The van der Waals surface area contributed by atoms with E-state index in [-0.39, 0.29) is 5.91 Å². The van der Waals surface area contributed by atoms with Gasteiger partial charge in [0.05, 0.1) is 0 Å². The first-order valence-corrected chi connectivity index (χ1v) is 7.35. The van der Waals surface area contributed by atoms with Gasteiger partial charge in [0.25, 0.3) is 0 Å².